The number of rotatable bonds is 12. The lowest BCUT2D eigenvalue weighted by Crippen LogP contribution is -2.40. The first-order chi connectivity index (χ1) is 20.1. The number of anilines is 2. The van der Waals surface area contributed by atoms with Crippen molar-refractivity contribution in [1.29, 1.82) is 5.26 Å². The van der Waals surface area contributed by atoms with E-state index in [0.717, 1.165) is 101 Å². The number of nitriles is 1. The largest absolute Gasteiger partial charge is 0.372 e. The molecule has 2 aliphatic heterocycles. The van der Waals surface area contributed by atoms with Gasteiger partial charge in [0.1, 0.15) is 6.07 Å². The highest BCUT2D eigenvalue weighted by Crippen LogP contribution is 2.38. The molecule has 0 unspecified atom stereocenters. The minimum Gasteiger partial charge on any atom is -0.372 e. The number of aromatic nitrogens is 1. The number of halogens is 1. The highest BCUT2D eigenvalue weighted by molar-refractivity contribution is 6.36. The first-order valence-electron chi connectivity index (χ1n) is 15.7. The second-order valence-corrected chi connectivity index (χ2v) is 12.1. The molecule has 2 aliphatic rings. The molecule has 0 bridgehead atoms. The summed E-state index contributed by atoms with van der Waals surface area (Å²) in [5.74, 6) is 0.941. The summed E-state index contributed by atoms with van der Waals surface area (Å²) >= 11 is 6.47. The smallest absolute Gasteiger partial charge is 0.160 e. The lowest BCUT2D eigenvalue weighted by Gasteiger charge is -2.37. The van der Waals surface area contributed by atoms with Crippen LogP contribution in [0.15, 0.2) is 42.6 Å². The minimum absolute atomic E-state index is 0.0637. The fourth-order valence-electron chi connectivity index (χ4n) is 6.41. The number of aromatic amines is 1. The van der Waals surface area contributed by atoms with Gasteiger partial charge in [0.15, 0.2) is 6.29 Å². The number of ether oxygens (including phenoxy) is 2. The number of benzene rings is 2. The van der Waals surface area contributed by atoms with E-state index >= 15 is 0 Å². The van der Waals surface area contributed by atoms with E-state index < -0.39 is 0 Å². The van der Waals surface area contributed by atoms with Crippen molar-refractivity contribution in [2.24, 2.45) is 5.92 Å². The molecule has 0 aliphatic carbocycles. The summed E-state index contributed by atoms with van der Waals surface area (Å²) in [5.41, 5.74) is 5.40. The Morgan fingerprint density at radius 1 is 0.951 bits per heavy atom. The van der Waals surface area contributed by atoms with Crippen molar-refractivity contribution in [2.75, 3.05) is 49.2 Å². The molecule has 220 valence electrons. The van der Waals surface area contributed by atoms with Crippen molar-refractivity contribution in [2.45, 2.75) is 77.4 Å². The van der Waals surface area contributed by atoms with Crippen molar-refractivity contribution >= 4 is 33.9 Å². The zero-order chi connectivity index (χ0) is 28.6. The molecule has 3 heterocycles. The number of nitrogens with zero attached hydrogens (tertiary/aromatic N) is 3. The Morgan fingerprint density at radius 3 is 2.32 bits per heavy atom. The van der Waals surface area contributed by atoms with E-state index in [1.165, 1.54) is 17.7 Å². The molecule has 2 saturated heterocycles. The van der Waals surface area contributed by atoms with E-state index in [-0.39, 0.29) is 6.29 Å². The van der Waals surface area contributed by atoms with Crippen LogP contribution in [0.4, 0.5) is 11.4 Å². The van der Waals surface area contributed by atoms with Gasteiger partial charge in [0.2, 0.25) is 0 Å². The van der Waals surface area contributed by atoms with Crippen LogP contribution in [0.3, 0.4) is 0 Å². The van der Waals surface area contributed by atoms with Crippen molar-refractivity contribution in [3.63, 3.8) is 0 Å². The second-order valence-electron chi connectivity index (χ2n) is 11.6. The summed E-state index contributed by atoms with van der Waals surface area (Å²) in [6.07, 6.45) is 10.7. The van der Waals surface area contributed by atoms with Gasteiger partial charge >= 0.3 is 0 Å². The predicted molar refractivity (Wildman–Crippen MR) is 169 cm³/mol. The number of hydrogen-bond donors (Lipinski definition) is 1. The molecule has 0 saturated carbocycles. The zero-order valence-corrected chi connectivity index (χ0v) is 25.5. The Morgan fingerprint density at radius 2 is 1.66 bits per heavy atom. The first-order valence-corrected chi connectivity index (χ1v) is 16.0. The van der Waals surface area contributed by atoms with Gasteiger partial charge in [0, 0.05) is 68.5 Å². The molecular formula is C34H45ClN4O2. The van der Waals surface area contributed by atoms with Gasteiger partial charge in [-0.3, -0.25) is 0 Å². The maximum Gasteiger partial charge on any atom is 0.160 e. The minimum atomic E-state index is -0.0637. The number of hydrogen-bond acceptors (Lipinski definition) is 5. The van der Waals surface area contributed by atoms with E-state index in [2.05, 4.69) is 65.0 Å². The van der Waals surface area contributed by atoms with Gasteiger partial charge in [0.25, 0.3) is 0 Å². The van der Waals surface area contributed by atoms with Crippen molar-refractivity contribution in [1.82, 2.24) is 4.98 Å². The van der Waals surface area contributed by atoms with E-state index in [0.29, 0.717) is 22.4 Å². The quantitative estimate of drug-likeness (QED) is 0.174. The summed E-state index contributed by atoms with van der Waals surface area (Å²) in [5, 5.41) is 11.0. The maximum atomic E-state index is 9.52. The van der Waals surface area contributed by atoms with Crippen LogP contribution in [0.5, 0.6) is 0 Å². The summed E-state index contributed by atoms with van der Waals surface area (Å²) in [6.45, 7) is 10.0. The van der Waals surface area contributed by atoms with Crippen LogP contribution in [0.2, 0.25) is 5.02 Å². The Kier molecular flexibility index (Phi) is 10.5. The molecule has 5 rings (SSSR count). The third-order valence-corrected chi connectivity index (χ3v) is 9.17. The standard InChI is InChI=1S/C34H45ClN4O2/c1-3-5-20-40-34(41-21-6-4-2)26-15-18-38(19-16-26)29-11-9-25(10-12-29)27-8-7-17-39(24-27)31-14-13-30(35)32-28(22-36)23-37-33(31)32/h9-14,23,26-27,34,37H,3-8,15-21,24H2,1-2H3/t27-/m0/s1. The van der Waals surface area contributed by atoms with Gasteiger partial charge in [-0.1, -0.05) is 50.4 Å². The number of fused-ring (bicyclic) bond motifs is 1. The van der Waals surface area contributed by atoms with Gasteiger partial charge in [-0.15, -0.1) is 0 Å². The summed E-state index contributed by atoms with van der Waals surface area (Å²) in [7, 11) is 0. The first kappa shape index (κ1) is 29.8. The molecule has 2 fully saturated rings. The van der Waals surface area contributed by atoms with Crippen molar-refractivity contribution in [3.8, 4) is 6.07 Å². The monoisotopic (exact) mass is 576 g/mol. The molecule has 7 heteroatoms. The van der Waals surface area contributed by atoms with Gasteiger partial charge in [-0.05, 0) is 68.4 Å². The van der Waals surface area contributed by atoms with Crippen LogP contribution < -0.4 is 9.80 Å². The highest BCUT2D eigenvalue weighted by atomic mass is 35.5. The van der Waals surface area contributed by atoms with Crippen LogP contribution in [0, 0.1) is 17.2 Å². The Labute approximate surface area is 250 Å². The third kappa shape index (κ3) is 7.02. The topological polar surface area (TPSA) is 64.5 Å². The fraction of sp³-hybridized carbons (Fsp3) is 0.559. The number of unbranched alkanes of at least 4 members (excludes halogenated alkanes) is 2. The summed E-state index contributed by atoms with van der Waals surface area (Å²) < 4.78 is 12.4. The number of nitrogens with one attached hydrogen (secondary N) is 1. The maximum absolute atomic E-state index is 9.52. The Hall–Kier alpha value is -2.72. The van der Waals surface area contributed by atoms with Crippen LogP contribution in [-0.4, -0.2) is 50.7 Å². The summed E-state index contributed by atoms with van der Waals surface area (Å²) in [4.78, 5) is 8.28. The van der Waals surface area contributed by atoms with E-state index in [4.69, 9.17) is 21.1 Å². The van der Waals surface area contributed by atoms with Crippen molar-refractivity contribution < 1.29 is 9.47 Å². The van der Waals surface area contributed by atoms with Crippen LogP contribution in [0.25, 0.3) is 10.9 Å². The lowest BCUT2D eigenvalue weighted by molar-refractivity contribution is -0.177. The molecule has 3 aromatic rings. The molecular weight excluding hydrogens is 532 g/mol. The Bertz CT molecular complexity index is 1280. The van der Waals surface area contributed by atoms with Crippen LogP contribution >= 0.6 is 11.6 Å². The molecule has 0 spiro atoms. The molecule has 2 aromatic carbocycles. The van der Waals surface area contributed by atoms with E-state index in [9.17, 15) is 5.26 Å². The number of piperidine rings is 2. The molecule has 41 heavy (non-hydrogen) atoms. The fourth-order valence-corrected chi connectivity index (χ4v) is 6.67. The van der Waals surface area contributed by atoms with Crippen molar-refractivity contribution in [3.05, 3.63) is 58.7 Å². The molecule has 0 amide bonds. The second kappa shape index (κ2) is 14.4. The van der Waals surface area contributed by atoms with Crippen LogP contribution in [-0.2, 0) is 9.47 Å². The predicted octanol–water partition coefficient (Wildman–Crippen LogP) is 8.25. The average Bonchev–Trinajstić information content (AvgIpc) is 3.46. The Balaban J connectivity index is 1.20. The van der Waals surface area contributed by atoms with Gasteiger partial charge in [-0.2, -0.15) is 5.26 Å². The van der Waals surface area contributed by atoms with Gasteiger partial charge in [0.05, 0.1) is 21.8 Å². The molecule has 1 N–H and O–H groups in total. The van der Waals surface area contributed by atoms with E-state index in [1.807, 2.05) is 6.07 Å². The molecule has 1 atom stereocenters. The third-order valence-electron chi connectivity index (χ3n) is 8.86. The SMILES string of the molecule is CCCCOC(OCCCC)C1CCN(c2ccc([C@H]3CCCN(c4ccc(Cl)c5c(C#N)c[nH]c45)C3)cc2)CC1. The van der Waals surface area contributed by atoms with E-state index in [1.54, 1.807) is 6.20 Å². The lowest BCUT2D eigenvalue weighted by atomic mass is 9.89. The summed E-state index contributed by atoms with van der Waals surface area (Å²) in [6, 6.07) is 15.6. The van der Waals surface area contributed by atoms with Crippen LogP contribution in [0.1, 0.15) is 82.3 Å². The molecule has 6 nitrogen and oxygen atoms in total. The van der Waals surface area contributed by atoms with Gasteiger partial charge in [-0.25, -0.2) is 0 Å². The average molecular weight is 577 g/mol. The van der Waals surface area contributed by atoms with Gasteiger partial charge < -0.3 is 24.3 Å². The highest BCUT2D eigenvalue weighted by Gasteiger charge is 2.29. The number of H-pyrrole nitrogens is 1. The molecule has 0 radical (unpaired) electrons. The normalized spacial score (nSPS) is 18.4. The molecule has 1 aromatic heterocycles. The zero-order valence-electron chi connectivity index (χ0n) is 24.7.